The summed E-state index contributed by atoms with van der Waals surface area (Å²) >= 11 is 5.79. The lowest BCUT2D eigenvalue weighted by Gasteiger charge is -2.32. The van der Waals surface area contributed by atoms with Crippen LogP contribution < -0.4 is 4.90 Å². The number of benzene rings is 2. The van der Waals surface area contributed by atoms with E-state index in [-0.39, 0.29) is 23.3 Å². The van der Waals surface area contributed by atoms with E-state index in [2.05, 4.69) is 12.1 Å². The number of fused-ring (bicyclic) bond motifs is 1. The van der Waals surface area contributed by atoms with Gasteiger partial charge in [0.1, 0.15) is 5.82 Å². The fourth-order valence-electron chi connectivity index (χ4n) is 3.58. The van der Waals surface area contributed by atoms with Crippen LogP contribution in [0.2, 0.25) is 5.02 Å². The maximum atomic E-state index is 13.4. The SMILES string of the molecule is O=C1C[C@H](N2CCc3ccccc3C2)C(=O)N1c1ccc(F)c(Cl)c1. The Kier molecular flexibility index (Phi) is 4.06. The molecule has 0 spiro atoms. The number of carbonyl (C=O) groups excluding carboxylic acids is 2. The Morgan fingerprint density at radius 3 is 2.60 bits per heavy atom. The minimum absolute atomic E-state index is 0.103. The first-order chi connectivity index (χ1) is 12.0. The van der Waals surface area contributed by atoms with Gasteiger partial charge in [0.25, 0.3) is 5.91 Å². The van der Waals surface area contributed by atoms with Crippen LogP contribution in [-0.4, -0.2) is 29.3 Å². The van der Waals surface area contributed by atoms with Gasteiger partial charge in [-0.1, -0.05) is 35.9 Å². The van der Waals surface area contributed by atoms with E-state index in [1.165, 1.54) is 29.3 Å². The molecule has 1 saturated heterocycles. The van der Waals surface area contributed by atoms with E-state index in [0.29, 0.717) is 12.2 Å². The molecule has 0 saturated carbocycles. The summed E-state index contributed by atoms with van der Waals surface area (Å²) in [4.78, 5) is 28.4. The van der Waals surface area contributed by atoms with E-state index in [0.717, 1.165) is 17.9 Å². The second-order valence-corrected chi connectivity index (χ2v) is 6.78. The van der Waals surface area contributed by atoms with Gasteiger partial charge in [-0.2, -0.15) is 0 Å². The van der Waals surface area contributed by atoms with Gasteiger partial charge in [0.05, 0.1) is 23.2 Å². The zero-order chi connectivity index (χ0) is 17.6. The normalized spacial score (nSPS) is 20.9. The number of nitrogens with zero attached hydrogens (tertiary/aromatic N) is 2. The third-order valence-electron chi connectivity index (χ3n) is 4.89. The van der Waals surface area contributed by atoms with Crippen molar-refractivity contribution < 1.29 is 14.0 Å². The van der Waals surface area contributed by atoms with Crippen molar-refractivity contribution in [3.63, 3.8) is 0 Å². The number of imide groups is 1. The first kappa shape index (κ1) is 16.2. The molecule has 128 valence electrons. The predicted molar refractivity (Wildman–Crippen MR) is 92.9 cm³/mol. The number of carbonyl (C=O) groups is 2. The Morgan fingerprint density at radius 2 is 1.84 bits per heavy atom. The smallest absolute Gasteiger partial charge is 0.251 e. The first-order valence-corrected chi connectivity index (χ1v) is 8.55. The predicted octanol–water partition coefficient (Wildman–Crippen LogP) is 3.17. The maximum Gasteiger partial charge on any atom is 0.251 e. The fraction of sp³-hybridized carbons (Fsp3) is 0.263. The molecule has 1 atom stereocenters. The van der Waals surface area contributed by atoms with E-state index in [1.54, 1.807) is 0 Å². The highest BCUT2D eigenvalue weighted by molar-refractivity contribution is 6.31. The van der Waals surface area contributed by atoms with Gasteiger partial charge >= 0.3 is 0 Å². The number of hydrogen-bond donors (Lipinski definition) is 0. The third-order valence-corrected chi connectivity index (χ3v) is 5.17. The summed E-state index contributed by atoms with van der Waals surface area (Å²) in [5, 5.41) is -0.103. The maximum absolute atomic E-state index is 13.4. The molecule has 0 radical (unpaired) electrons. The highest BCUT2D eigenvalue weighted by Crippen LogP contribution is 2.31. The highest BCUT2D eigenvalue weighted by Gasteiger charge is 2.43. The molecule has 2 heterocycles. The van der Waals surface area contributed by atoms with E-state index >= 15 is 0 Å². The summed E-state index contributed by atoms with van der Waals surface area (Å²) in [6, 6.07) is 11.6. The number of rotatable bonds is 2. The second-order valence-electron chi connectivity index (χ2n) is 6.37. The number of halogens is 2. The molecule has 0 aliphatic carbocycles. The van der Waals surface area contributed by atoms with Crippen molar-refractivity contribution in [1.29, 1.82) is 0 Å². The van der Waals surface area contributed by atoms with Crippen molar-refractivity contribution in [2.75, 3.05) is 11.4 Å². The monoisotopic (exact) mass is 358 g/mol. The Labute approximate surface area is 149 Å². The summed E-state index contributed by atoms with van der Waals surface area (Å²) in [5.74, 6) is -1.13. The summed E-state index contributed by atoms with van der Waals surface area (Å²) in [6.45, 7) is 1.39. The van der Waals surface area contributed by atoms with Crippen LogP contribution in [0.15, 0.2) is 42.5 Å². The molecule has 2 amide bonds. The van der Waals surface area contributed by atoms with Crippen molar-refractivity contribution in [2.45, 2.75) is 25.4 Å². The number of anilines is 1. The molecule has 2 aliphatic rings. The van der Waals surface area contributed by atoms with E-state index in [4.69, 9.17) is 11.6 Å². The molecule has 4 rings (SSSR count). The molecule has 6 heteroatoms. The van der Waals surface area contributed by atoms with E-state index in [1.807, 2.05) is 17.0 Å². The molecule has 2 aliphatic heterocycles. The lowest BCUT2D eigenvalue weighted by Crippen LogP contribution is -2.44. The van der Waals surface area contributed by atoms with Gasteiger partial charge in [-0.15, -0.1) is 0 Å². The third kappa shape index (κ3) is 2.83. The van der Waals surface area contributed by atoms with Crippen LogP contribution in [-0.2, 0) is 22.6 Å². The van der Waals surface area contributed by atoms with Gasteiger partial charge < -0.3 is 0 Å². The zero-order valence-corrected chi connectivity index (χ0v) is 14.2. The van der Waals surface area contributed by atoms with Crippen LogP contribution >= 0.6 is 11.6 Å². The minimum Gasteiger partial charge on any atom is -0.287 e. The van der Waals surface area contributed by atoms with Crippen LogP contribution in [0.1, 0.15) is 17.5 Å². The first-order valence-electron chi connectivity index (χ1n) is 8.17. The van der Waals surface area contributed by atoms with Crippen LogP contribution in [0.4, 0.5) is 10.1 Å². The largest absolute Gasteiger partial charge is 0.287 e. The van der Waals surface area contributed by atoms with Gasteiger partial charge in [0, 0.05) is 13.1 Å². The molecule has 4 nitrogen and oxygen atoms in total. The van der Waals surface area contributed by atoms with Gasteiger partial charge in [0.2, 0.25) is 5.91 Å². The second kappa shape index (κ2) is 6.24. The van der Waals surface area contributed by atoms with Crippen molar-refractivity contribution in [1.82, 2.24) is 4.90 Å². The molecule has 1 fully saturated rings. The summed E-state index contributed by atoms with van der Waals surface area (Å²) < 4.78 is 13.4. The lowest BCUT2D eigenvalue weighted by atomic mass is 9.98. The zero-order valence-electron chi connectivity index (χ0n) is 13.4. The van der Waals surface area contributed by atoms with Crippen molar-refractivity contribution in [3.8, 4) is 0 Å². The average Bonchev–Trinajstić information content (AvgIpc) is 2.91. The molecular formula is C19H16ClFN2O2. The minimum atomic E-state index is -0.575. The lowest BCUT2D eigenvalue weighted by molar-refractivity contribution is -0.123. The van der Waals surface area contributed by atoms with Gasteiger partial charge in [-0.3, -0.25) is 14.5 Å². The van der Waals surface area contributed by atoms with Gasteiger partial charge in [0.15, 0.2) is 0 Å². The number of amides is 2. The highest BCUT2D eigenvalue weighted by atomic mass is 35.5. The number of hydrogen-bond acceptors (Lipinski definition) is 3. The molecule has 0 bridgehead atoms. The summed E-state index contributed by atoms with van der Waals surface area (Å²) in [7, 11) is 0. The molecule has 2 aromatic rings. The van der Waals surface area contributed by atoms with Crippen molar-refractivity contribution >= 4 is 29.1 Å². The average molecular weight is 359 g/mol. The van der Waals surface area contributed by atoms with Crippen LogP contribution in [0, 0.1) is 5.82 Å². The van der Waals surface area contributed by atoms with E-state index < -0.39 is 11.9 Å². The molecule has 25 heavy (non-hydrogen) atoms. The Balaban J connectivity index is 1.58. The fourth-order valence-corrected chi connectivity index (χ4v) is 3.75. The Morgan fingerprint density at radius 1 is 1.08 bits per heavy atom. The summed E-state index contributed by atoms with van der Waals surface area (Å²) in [5.41, 5.74) is 2.80. The topological polar surface area (TPSA) is 40.6 Å². The molecule has 0 N–H and O–H groups in total. The molecular weight excluding hydrogens is 343 g/mol. The Hall–Kier alpha value is -2.24. The van der Waals surface area contributed by atoms with Crippen molar-refractivity contribution in [2.24, 2.45) is 0 Å². The van der Waals surface area contributed by atoms with Gasteiger partial charge in [-0.25, -0.2) is 9.29 Å². The van der Waals surface area contributed by atoms with Crippen LogP contribution in [0.5, 0.6) is 0 Å². The Bertz CT molecular complexity index is 870. The quantitative estimate of drug-likeness (QED) is 0.774. The van der Waals surface area contributed by atoms with Crippen LogP contribution in [0.3, 0.4) is 0 Å². The van der Waals surface area contributed by atoms with Crippen LogP contribution in [0.25, 0.3) is 0 Å². The molecule has 0 unspecified atom stereocenters. The molecule has 0 aromatic heterocycles. The summed E-state index contributed by atoms with van der Waals surface area (Å²) in [6.07, 6.45) is 0.993. The standard InChI is InChI=1S/C19H16ClFN2O2/c20-15-9-14(5-6-16(15)21)23-18(24)10-17(19(23)25)22-8-7-12-3-1-2-4-13(12)11-22/h1-6,9,17H,7-8,10-11H2/t17-/m0/s1. The van der Waals surface area contributed by atoms with Crippen molar-refractivity contribution in [3.05, 3.63) is 64.4 Å². The van der Waals surface area contributed by atoms with Gasteiger partial charge in [-0.05, 0) is 35.7 Å². The van der Waals surface area contributed by atoms with E-state index in [9.17, 15) is 14.0 Å². The molecule has 2 aromatic carbocycles.